The van der Waals surface area contributed by atoms with E-state index in [4.69, 9.17) is 9.47 Å². The van der Waals surface area contributed by atoms with Crippen LogP contribution in [0.4, 0.5) is 17.5 Å². The molecule has 0 unspecified atom stereocenters. The van der Waals surface area contributed by atoms with E-state index in [9.17, 15) is 0 Å². The van der Waals surface area contributed by atoms with Gasteiger partial charge in [-0.1, -0.05) is 0 Å². The Balaban J connectivity index is 1.95. The minimum absolute atomic E-state index is 0.560. The molecule has 0 bridgehead atoms. The third kappa shape index (κ3) is 4.00. The van der Waals surface area contributed by atoms with E-state index in [1.165, 1.54) is 0 Å². The highest BCUT2D eigenvalue weighted by molar-refractivity contribution is 5.68. The molecule has 3 rings (SSSR count). The number of hydrogen-bond donors (Lipinski definition) is 2. The average molecular weight is 351 g/mol. The number of rotatable bonds is 7. The number of hydrogen-bond acceptors (Lipinski definition) is 7. The summed E-state index contributed by atoms with van der Waals surface area (Å²) in [6, 6.07) is 11.3. The fourth-order valence-electron chi connectivity index (χ4n) is 2.48. The maximum absolute atomic E-state index is 5.35. The quantitative estimate of drug-likeness (QED) is 0.671. The molecular weight excluding hydrogens is 330 g/mol. The van der Waals surface area contributed by atoms with Crippen molar-refractivity contribution < 1.29 is 9.47 Å². The van der Waals surface area contributed by atoms with Gasteiger partial charge in [0.15, 0.2) is 11.5 Å². The summed E-state index contributed by atoms with van der Waals surface area (Å²) >= 11 is 0. The van der Waals surface area contributed by atoms with Crippen molar-refractivity contribution in [1.82, 2.24) is 15.0 Å². The monoisotopic (exact) mass is 351 g/mol. The second kappa shape index (κ2) is 8.15. The van der Waals surface area contributed by atoms with Crippen LogP contribution in [0.15, 0.2) is 48.8 Å². The zero-order valence-electron chi connectivity index (χ0n) is 15.0. The Bertz CT molecular complexity index is 871. The Hall–Kier alpha value is -3.35. The van der Waals surface area contributed by atoms with Crippen LogP contribution in [0.1, 0.15) is 6.92 Å². The third-order valence-corrected chi connectivity index (χ3v) is 3.69. The third-order valence-electron chi connectivity index (χ3n) is 3.69. The van der Waals surface area contributed by atoms with Crippen molar-refractivity contribution in [3.05, 3.63) is 48.8 Å². The number of nitrogens with zero attached hydrogens (tertiary/aromatic N) is 3. The molecule has 0 amide bonds. The summed E-state index contributed by atoms with van der Waals surface area (Å²) in [5, 5.41) is 6.46. The molecule has 7 heteroatoms. The summed E-state index contributed by atoms with van der Waals surface area (Å²) in [5.74, 6) is 2.55. The van der Waals surface area contributed by atoms with Crippen molar-refractivity contribution in [3.8, 4) is 22.8 Å². The summed E-state index contributed by atoms with van der Waals surface area (Å²) < 4.78 is 10.6. The first-order chi connectivity index (χ1) is 12.7. The lowest BCUT2D eigenvalue weighted by molar-refractivity contribution is 0.355. The lowest BCUT2D eigenvalue weighted by Crippen LogP contribution is -2.05. The number of pyridine rings is 1. The first kappa shape index (κ1) is 17.5. The smallest absolute Gasteiger partial charge is 0.225 e. The van der Waals surface area contributed by atoms with Crippen LogP contribution >= 0.6 is 0 Å². The Morgan fingerprint density at radius 3 is 2.38 bits per heavy atom. The van der Waals surface area contributed by atoms with Crippen LogP contribution in [0, 0.1) is 0 Å². The molecule has 26 heavy (non-hydrogen) atoms. The molecule has 0 saturated carbocycles. The zero-order chi connectivity index (χ0) is 18.4. The minimum Gasteiger partial charge on any atom is -0.493 e. The topological polar surface area (TPSA) is 81.2 Å². The highest BCUT2D eigenvalue weighted by Gasteiger charge is 2.09. The first-order valence-corrected chi connectivity index (χ1v) is 8.26. The van der Waals surface area contributed by atoms with E-state index >= 15 is 0 Å². The molecule has 134 valence electrons. The molecule has 0 atom stereocenters. The van der Waals surface area contributed by atoms with E-state index < -0.39 is 0 Å². The largest absolute Gasteiger partial charge is 0.493 e. The van der Waals surface area contributed by atoms with E-state index in [1.54, 1.807) is 26.6 Å². The van der Waals surface area contributed by atoms with Crippen molar-refractivity contribution in [2.45, 2.75) is 6.92 Å². The molecule has 0 radical (unpaired) electrons. The number of methoxy groups -OCH3 is 2. The van der Waals surface area contributed by atoms with Gasteiger partial charge in [0.05, 0.1) is 19.9 Å². The van der Waals surface area contributed by atoms with Crippen LogP contribution in [-0.2, 0) is 0 Å². The van der Waals surface area contributed by atoms with E-state index in [0.29, 0.717) is 23.3 Å². The summed E-state index contributed by atoms with van der Waals surface area (Å²) in [6.45, 7) is 2.74. The normalized spacial score (nSPS) is 10.3. The molecule has 2 N–H and O–H groups in total. The zero-order valence-corrected chi connectivity index (χ0v) is 15.0. The predicted octanol–water partition coefficient (Wildman–Crippen LogP) is 3.73. The maximum Gasteiger partial charge on any atom is 0.225 e. The average Bonchev–Trinajstić information content (AvgIpc) is 2.68. The maximum atomic E-state index is 5.35. The Kier molecular flexibility index (Phi) is 5.48. The van der Waals surface area contributed by atoms with Gasteiger partial charge in [-0.3, -0.25) is 4.98 Å². The van der Waals surface area contributed by atoms with Crippen LogP contribution in [0.25, 0.3) is 11.3 Å². The van der Waals surface area contributed by atoms with Gasteiger partial charge in [0.25, 0.3) is 0 Å². The standard InChI is InChI=1S/C19H21N5O2/c1-4-21-19-23-15(13-7-9-20-10-8-13)12-18(24-19)22-14-5-6-16(25-2)17(11-14)26-3/h5-12H,4H2,1-3H3,(H2,21,22,23,24). The molecule has 0 spiro atoms. The fraction of sp³-hybridized carbons (Fsp3) is 0.211. The van der Waals surface area contributed by atoms with Gasteiger partial charge in [0.1, 0.15) is 5.82 Å². The number of nitrogens with one attached hydrogen (secondary N) is 2. The van der Waals surface area contributed by atoms with Crippen molar-refractivity contribution in [3.63, 3.8) is 0 Å². The Morgan fingerprint density at radius 2 is 1.69 bits per heavy atom. The summed E-state index contributed by atoms with van der Waals surface area (Å²) in [5.41, 5.74) is 2.61. The van der Waals surface area contributed by atoms with Gasteiger partial charge >= 0.3 is 0 Å². The van der Waals surface area contributed by atoms with Crippen LogP contribution < -0.4 is 20.1 Å². The molecule has 0 fully saturated rings. The predicted molar refractivity (Wildman–Crippen MR) is 102 cm³/mol. The Morgan fingerprint density at radius 1 is 0.923 bits per heavy atom. The van der Waals surface area contributed by atoms with Crippen molar-refractivity contribution >= 4 is 17.5 Å². The molecule has 7 nitrogen and oxygen atoms in total. The number of benzene rings is 1. The van der Waals surface area contributed by atoms with E-state index in [0.717, 1.165) is 23.5 Å². The van der Waals surface area contributed by atoms with Crippen molar-refractivity contribution in [1.29, 1.82) is 0 Å². The summed E-state index contributed by atoms with van der Waals surface area (Å²) in [4.78, 5) is 13.1. The van der Waals surface area contributed by atoms with Gasteiger partial charge < -0.3 is 20.1 Å². The van der Waals surface area contributed by atoms with Gasteiger partial charge in [0, 0.05) is 42.3 Å². The van der Waals surface area contributed by atoms with Crippen molar-refractivity contribution in [2.24, 2.45) is 0 Å². The van der Waals surface area contributed by atoms with Crippen LogP contribution in [0.5, 0.6) is 11.5 Å². The fourth-order valence-corrected chi connectivity index (χ4v) is 2.48. The second-order valence-corrected chi connectivity index (χ2v) is 5.42. The molecule has 1 aromatic carbocycles. The second-order valence-electron chi connectivity index (χ2n) is 5.42. The lowest BCUT2D eigenvalue weighted by atomic mass is 10.2. The van der Waals surface area contributed by atoms with Crippen molar-refractivity contribution in [2.75, 3.05) is 31.4 Å². The van der Waals surface area contributed by atoms with Crippen LogP contribution in [0.2, 0.25) is 0 Å². The number of aromatic nitrogens is 3. The molecular formula is C19H21N5O2. The molecule has 2 aromatic heterocycles. The summed E-state index contributed by atoms with van der Waals surface area (Å²) in [6.07, 6.45) is 3.48. The summed E-state index contributed by atoms with van der Waals surface area (Å²) in [7, 11) is 3.22. The van der Waals surface area contributed by atoms with E-state index in [2.05, 4.69) is 25.6 Å². The lowest BCUT2D eigenvalue weighted by Gasteiger charge is -2.13. The SMILES string of the molecule is CCNc1nc(Nc2ccc(OC)c(OC)c2)cc(-c2ccncc2)n1. The highest BCUT2D eigenvalue weighted by Crippen LogP contribution is 2.31. The Labute approximate surface area is 152 Å². The molecule has 2 heterocycles. The number of ether oxygens (including phenoxy) is 2. The van der Waals surface area contributed by atoms with Gasteiger partial charge in [-0.15, -0.1) is 0 Å². The molecule has 0 aliphatic heterocycles. The molecule has 0 aliphatic carbocycles. The molecule has 0 aliphatic rings. The van der Waals surface area contributed by atoms with Gasteiger partial charge in [-0.05, 0) is 31.2 Å². The van der Waals surface area contributed by atoms with E-state index in [1.807, 2.05) is 43.3 Å². The minimum atomic E-state index is 0.560. The van der Waals surface area contributed by atoms with Crippen LogP contribution in [0.3, 0.4) is 0 Å². The van der Waals surface area contributed by atoms with Gasteiger partial charge in [-0.25, -0.2) is 4.98 Å². The van der Waals surface area contributed by atoms with E-state index in [-0.39, 0.29) is 0 Å². The number of anilines is 3. The highest BCUT2D eigenvalue weighted by atomic mass is 16.5. The van der Waals surface area contributed by atoms with Gasteiger partial charge in [0.2, 0.25) is 5.95 Å². The molecule has 0 saturated heterocycles. The first-order valence-electron chi connectivity index (χ1n) is 8.26. The van der Waals surface area contributed by atoms with Gasteiger partial charge in [-0.2, -0.15) is 4.98 Å². The molecule has 3 aromatic rings. The van der Waals surface area contributed by atoms with Crippen LogP contribution in [-0.4, -0.2) is 35.7 Å².